The molecule has 0 aliphatic rings. The fraction of sp³-hybridized carbons (Fsp3) is 0.0667. The molecule has 0 aliphatic carbocycles. The van der Waals surface area contributed by atoms with E-state index in [0.717, 1.165) is 11.6 Å². The summed E-state index contributed by atoms with van der Waals surface area (Å²) < 4.78 is 9.78. The summed E-state index contributed by atoms with van der Waals surface area (Å²) >= 11 is 0. The zero-order valence-electron chi connectivity index (χ0n) is 10.3. The Hall–Kier alpha value is -2.62. The van der Waals surface area contributed by atoms with Gasteiger partial charge < -0.3 is 9.15 Å². The molecule has 0 fully saturated rings. The molecule has 0 aliphatic heterocycles. The Labute approximate surface area is 110 Å². The van der Waals surface area contributed by atoms with Crippen LogP contribution >= 0.6 is 0 Å². The Morgan fingerprint density at radius 2 is 1.95 bits per heavy atom. The quantitative estimate of drug-likeness (QED) is 0.625. The van der Waals surface area contributed by atoms with Crippen molar-refractivity contribution in [2.75, 3.05) is 0 Å². The number of carbonyl (C=O) groups is 1. The summed E-state index contributed by atoms with van der Waals surface area (Å²) in [6.45, 7) is 1.61. The van der Waals surface area contributed by atoms with E-state index in [2.05, 4.69) is 0 Å². The highest BCUT2D eigenvalue weighted by Gasteiger charge is 2.03. The van der Waals surface area contributed by atoms with Gasteiger partial charge in [0, 0.05) is 12.1 Å². The van der Waals surface area contributed by atoms with Crippen LogP contribution in [0.15, 0.2) is 57.8 Å². The lowest BCUT2D eigenvalue weighted by Gasteiger charge is -2.00. The number of carbonyl (C=O) groups excluding carboxylic acids is 1. The van der Waals surface area contributed by atoms with Crippen LogP contribution in [0, 0.1) is 6.92 Å². The van der Waals surface area contributed by atoms with Crippen LogP contribution in [0.3, 0.4) is 0 Å². The van der Waals surface area contributed by atoms with Crippen LogP contribution in [-0.4, -0.2) is 5.97 Å². The average molecular weight is 256 g/mol. The van der Waals surface area contributed by atoms with Crippen LogP contribution in [-0.2, 0) is 4.79 Å². The predicted molar refractivity (Wildman–Crippen MR) is 70.8 cm³/mol. The van der Waals surface area contributed by atoms with E-state index in [4.69, 9.17) is 9.15 Å². The second kappa shape index (κ2) is 5.82. The van der Waals surface area contributed by atoms with Gasteiger partial charge in [0.2, 0.25) is 0 Å². The van der Waals surface area contributed by atoms with Gasteiger partial charge >= 0.3 is 11.6 Å². The van der Waals surface area contributed by atoms with Gasteiger partial charge in [0.15, 0.2) is 0 Å². The van der Waals surface area contributed by atoms with Gasteiger partial charge in [0.25, 0.3) is 0 Å². The van der Waals surface area contributed by atoms with Crippen LogP contribution in [0.4, 0.5) is 0 Å². The van der Waals surface area contributed by atoms with Crippen molar-refractivity contribution >= 4 is 12.0 Å². The summed E-state index contributed by atoms with van der Waals surface area (Å²) in [5, 5.41) is 0. The van der Waals surface area contributed by atoms with Gasteiger partial charge in [-0.3, -0.25) is 0 Å². The minimum atomic E-state index is -0.547. The molecule has 1 aromatic carbocycles. The van der Waals surface area contributed by atoms with Crippen molar-refractivity contribution in [3.8, 4) is 5.75 Å². The van der Waals surface area contributed by atoms with Crippen molar-refractivity contribution in [2.45, 2.75) is 6.92 Å². The smallest absolute Gasteiger partial charge is 0.339 e. The second-order valence-electron chi connectivity index (χ2n) is 3.89. The first-order valence-corrected chi connectivity index (χ1v) is 5.70. The number of esters is 1. The van der Waals surface area contributed by atoms with Crippen molar-refractivity contribution in [1.82, 2.24) is 0 Å². The third-order valence-corrected chi connectivity index (χ3v) is 2.30. The maximum atomic E-state index is 11.6. The van der Waals surface area contributed by atoms with E-state index in [-0.39, 0.29) is 5.75 Å². The molecule has 19 heavy (non-hydrogen) atoms. The number of rotatable bonds is 3. The molecular formula is C15H12O4. The molecule has 1 heterocycles. The topological polar surface area (TPSA) is 56.5 Å². The highest BCUT2D eigenvalue weighted by Crippen LogP contribution is 2.10. The molecule has 0 spiro atoms. The van der Waals surface area contributed by atoms with Crippen LogP contribution < -0.4 is 10.4 Å². The fourth-order valence-electron chi connectivity index (χ4n) is 1.51. The van der Waals surface area contributed by atoms with Gasteiger partial charge in [-0.2, -0.15) is 0 Å². The molecule has 0 atom stereocenters. The number of hydrogen-bond acceptors (Lipinski definition) is 4. The average Bonchev–Trinajstić information content (AvgIpc) is 2.36. The molecule has 2 rings (SSSR count). The number of hydrogen-bond donors (Lipinski definition) is 0. The predicted octanol–water partition coefficient (Wildman–Crippen LogP) is 2.57. The first-order chi connectivity index (χ1) is 9.13. The minimum absolute atomic E-state index is 0.177. The van der Waals surface area contributed by atoms with Crippen molar-refractivity contribution < 1.29 is 13.9 Å². The summed E-state index contributed by atoms with van der Waals surface area (Å²) in [5.41, 5.74) is 0.345. The highest BCUT2D eigenvalue weighted by atomic mass is 16.5. The summed E-state index contributed by atoms with van der Waals surface area (Å²) in [7, 11) is 0. The van der Waals surface area contributed by atoms with Gasteiger partial charge in [0.1, 0.15) is 11.5 Å². The molecule has 4 heteroatoms. The second-order valence-corrected chi connectivity index (χ2v) is 3.89. The van der Waals surface area contributed by atoms with Crippen molar-refractivity contribution in [3.05, 3.63) is 70.3 Å². The minimum Gasteiger partial charge on any atom is -0.428 e. The third kappa shape index (κ3) is 3.96. The van der Waals surface area contributed by atoms with E-state index in [1.54, 1.807) is 13.0 Å². The highest BCUT2D eigenvalue weighted by molar-refractivity contribution is 5.88. The third-order valence-electron chi connectivity index (χ3n) is 2.30. The van der Waals surface area contributed by atoms with Gasteiger partial charge in [-0.15, -0.1) is 0 Å². The Morgan fingerprint density at radius 3 is 2.63 bits per heavy atom. The Kier molecular flexibility index (Phi) is 3.93. The van der Waals surface area contributed by atoms with Gasteiger partial charge in [-0.1, -0.05) is 30.3 Å². The Bertz CT molecular complexity index is 653. The molecule has 2 aromatic rings. The SMILES string of the molecule is Cc1cc(OC(=O)/C=C/c2ccccc2)cc(=O)o1. The van der Waals surface area contributed by atoms with E-state index in [1.165, 1.54) is 12.1 Å². The van der Waals surface area contributed by atoms with Crippen molar-refractivity contribution in [2.24, 2.45) is 0 Å². The van der Waals surface area contributed by atoms with Crippen LogP contribution in [0.1, 0.15) is 11.3 Å². The lowest BCUT2D eigenvalue weighted by Crippen LogP contribution is -2.07. The Balaban J connectivity index is 2.05. The summed E-state index contributed by atoms with van der Waals surface area (Å²) in [4.78, 5) is 22.7. The standard InChI is InChI=1S/C15H12O4/c1-11-9-13(10-15(17)18-11)19-14(16)8-7-12-5-3-2-4-6-12/h2-10H,1H3/b8-7+. The summed E-state index contributed by atoms with van der Waals surface area (Å²) in [6.07, 6.45) is 2.94. The molecule has 0 amide bonds. The van der Waals surface area contributed by atoms with Crippen LogP contribution in [0.25, 0.3) is 6.08 Å². The van der Waals surface area contributed by atoms with E-state index < -0.39 is 11.6 Å². The molecule has 0 saturated carbocycles. The van der Waals surface area contributed by atoms with Crippen molar-refractivity contribution in [1.29, 1.82) is 0 Å². The molecular weight excluding hydrogens is 244 g/mol. The Morgan fingerprint density at radius 1 is 1.21 bits per heavy atom. The molecule has 0 N–H and O–H groups in total. The molecule has 0 radical (unpaired) electrons. The normalized spacial score (nSPS) is 10.6. The van der Waals surface area contributed by atoms with Gasteiger partial charge in [0.05, 0.1) is 6.07 Å². The summed E-state index contributed by atoms with van der Waals surface area (Å²) in [6, 6.07) is 12.0. The van der Waals surface area contributed by atoms with Gasteiger partial charge in [-0.25, -0.2) is 9.59 Å². The zero-order valence-corrected chi connectivity index (χ0v) is 10.3. The lowest BCUT2D eigenvalue weighted by atomic mass is 10.2. The van der Waals surface area contributed by atoms with Crippen LogP contribution in [0.5, 0.6) is 5.75 Å². The molecule has 96 valence electrons. The van der Waals surface area contributed by atoms with Crippen molar-refractivity contribution in [3.63, 3.8) is 0 Å². The lowest BCUT2D eigenvalue weighted by molar-refractivity contribution is -0.128. The molecule has 4 nitrogen and oxygen atoms in total. The molecule has 1 aromatic heterocycles. The van der Waals surface area contributed by atoms with E-state index in [0.29, 0.717) is 5.76 Å². The largest absolute Gasteiger partial charge is 0.428 e. The monoisotopic (exact) mass is 256 g/mol. The first kappa shape index (κ1) is 12.8. The number of ether oxygens (including phenoxy) is 1. The first-order valence-electron chi connectivity index (χ1n) is 5.70. The van der Waals surface area contributed by atoms with E-state index in [9.17, 15) is 9.59 Å². The van der Waals surface area contributed by atoms with Crippen LogP contribution in [0.2, 0.25) is 0 Å². The summed E-state index contributed by atoms with van der Waals surface area (Å²) in [5.74, 6) is 0.0210. The van der Waals surface area contributed by atoms with Gasteiger partial charge in [-0.05, 0) is 18.6 Å². The fourth-order valence-corrected chi connectivity index (χ4v) is 1.51. The number of benzene rings is 1. The zero-order chi connectivity index (χ0) is 13.7. The van der Waals surface area contributed by atoms with E-state index >= 15 is 0 Å². The maximum Gasteiger partial charge on any atom is 0.339 e. The van der Waals surface area contributed by atoms with E-state index in [1.807, 2.05) is 30.3 Å². The number of aryl methyl sites for hydroxylation is 1. The molecule has 0 bridgehead atoms. The maximum absolute atomic E-state index is 11.6. The molecule has 0 unspecified atom stereocenters. The molecule has 0 saturated heterocycles.